The molecule has 0 rings (SSSR count). The van der Waals surface area contributed by atoms with Crippen LogP contribution in [0.2, 0.25) is 0 Å². The quantitative estimate of drug-likeness (QED) is 0.645. The lowest BCUT2D eigenvalue weighted by atomic mass is 10.2. The molecule has 0 atom stereocenters. The van der Waals surface area contributed by atoms with Crippen molar-refractivity contribution in [1.82, 2.24) is 10.6 Å². The molecular formula is C9H17F3N2O. The second kappa shape index (κ2) is 7.50. The van der Waals surface area contributed by atoms with Gasteiger partial charge < -0.3 is 10.6 Å². The predicted molar refractivity (Wildman–Crippen MR) is 51.5 cm³/mol. The van der Waals surface area contributed by atoms with Crippen LogP contribution < -0.4 is 10.6 Å². The zero-order valence-corrected chi connectivity index (χ0v) is 8.78. The highest BCUT2D eigenvalue weighted by Crippen LogP contribution is 2.20. The van der Waals surface area contributed by atoms with Crippen LogP contribution in [0.25, 0.3) is 0 Å². The average Bonchev–Trinajstić information content (AvgIpc) is 2.11. The van der Waals surface area contributed by atoms with E-state index in [4.69, 9.17) is 0 Å². The first-order valence-electron chi connectivity index (χ1n) is 4.94. The zero-order valence-electron chi connectivity index (χ0n) is 8.78. The van der Waals surface area contributed by atoms with Gasteiger partial charge in [0.05, 0.1) is 0 Å². The highest BCUT2D eigenvalue weighted by Gasteiger charge is 2.25. The van der Waals surface area contributed by atoms with Crippen molar-refractivity contribution in [1.29, 1.82) is 0 Å². The summed E-state index contributed by atoms with van der Waals surface area (Å²) in [5.74, 6) is -0.188. The van der Waals surface area contributed by atoms with Crippen LogP contribution in [0.3, 0.4) is 0 Å². The van der Waals surface area contributed by atoms with Crippen LogP contribution in [0, 0.1) is 0 Å². The van der Waals surface area contributed by atoms with Crippen LogP contribution in [0.5, 0.6) is 0 Å². The van der Waals surface area contributed by atoms with E-state index in [1.165, 1.54) is 0 Å². The van der Waals surface area contributed by atoms with Crippen LogP contribution in [0.1, 0.15) is 25.7 Å². The molecule has 0 aliphatic heterocycles. The van der Waals surface area contributed by atoms with Crippen molar-refractivity contribution >= 4 is 5.91 Å². The van der Waals surface area contributed by atoms with Gasteiger partial charge in [-0.2, -0.15) is 13.2 Å². The van der Waals surface area contributed by atoms with Gasteiger partial charge in [-0.25, -0.2) is 0 Å². The van der Waals surface area contributed by atoms with E-state index >= 15 is 0 Å². The molecule has 0 saturated heterocycles. The third kappa shape index (κ3) is 11.1. The summed E-state index contributed by atoms with van der Waals surface area (Å²) in [6.07, 6.45) is -3.98. The molecular weight excluding hydrogens is 209 g/mol. The number of nitrogens with one attached hydrogen (secondary N) is 2. The Morgan fingerprint density at radius 1 is 1.20 bits per heavy atom. The first-order valence-corrected chi connectivity index (χ1v) is 4.94. The predicted octanol–water partition coefficient (Wildman–Crippen LogP) is 1.44. The lowest BCUT2D eigenvalue weighted by Gasteiger charge is -2.07. The Kier molecular flexibility index (Phi) is 7.11. The number of hydrogen-bond donors (Lipinski definition) is 2. The number of hydrogen-bond acceptors (Lipinski definition) is 2. The maximum atomic E-state index is 11.7. The Hall–Kier alpha value is -0.780. The highest BCUT2D eigenvalue weighted by molar-refractivity contribution is 5.75. The SMILES string of the molecule is CNCCCC(=O)NCCCC(F)(F)F. The summed E-state index contributed by atoms with van der Waals surface area (Å²) < 4.78 is 35.1. The first-order chi connectivity index (χ1) is 6.95. The number of alkyl halides is 3. The van der Waals surface area contributed by atoms with E-state index in [0.717, 1.165) is 6.54 Å². The molecule has 0 heterocycles. The molecule has 0 unspecified atom stereocenters. The number of rotatable bonds is 7. The van der Waals surface area contributed by atoms with E-state index in [-0.39, 0.29) is 18.9 Å². The second-order valence-electron chi connectivity index (χ2n) is 3.28. The van der Waals surface area contributed by atoms with Gasteiger partial charge in [-0.05, 0) is 26.4 Å². The van der Waals surface area contributed by atoms with Gasteiger partial charge in [-0.1, -0.05) is 0 Å². The second-order valence-corrected chi connectivity index (χ2v) is 3.28. The Morgan fingerprint density at radius 3 is 2.40 bits per heavy atom. The fourth-order valence-electron chi connectivity index (χ4n) is 1.03. The van der Waals surface area contributed by atoms with Crippen molar-refractivity contribution in [2.75, 3.05) is 20.1 Å². The van der Waals surface area contributed by atoms with Gasteiger partial charge in [-0.15, -0.1) is 0 Å². The molecule has 0 aromatic rings. The zero-order chi connectivity index (χ0) is 11.7. The van der Waals surface area contributed by atoms with Gasteiger partial charge in [0, 0.05) is 19.4 Å². The maximum Gasteiger partial charge on any atom is 0.389 e. The van der Waals surface area contributed by atoms with Crippen molar-refractivity contribution in [2.24, 2.45) is 0 Å². The van der Waals surface area contributed by atoms with Crippen molar-refractivity contribution in [3.05, 3.63) is 0 Å². The van der Waals surface area contributed by atoms with Crippen LogP contribution >= 0.6 is 0 Å². The molecule has 0 spiro atoms. The molecule has 0 aromatic heterocycles. The Morgan fingerprint density at radius 2 is 1.87 bits per heavy atom. The van der Waals surface area contributed by atoms with Crippen molar-refractivity contribution in [3.8, 4) is 0 Å². The maximum absolute atomic E-state index is 11.7. The molecule has 1 amide bonds. The molecule has 0 aliphatic rings. The Balaban J connectivity index is 3.32. The third-order valence-electron chi connectivity index (χ3n) is 1.79. The van der Waals surface area contributed by atoms with Gasteiger partial charge in [0.1, 0.15) is 0 Å². The van der Waals surface area contributed by atoms with E-state index in [1.807, 2.05) is 0 Å². The summed E-state index contributed by atoms with van der Waals surface area (Å²) in [6.45, 7) is 0.827. The summed E-state index contributed by atoms with van der Waals surface area (Å²) in [7, 11) is 1.78. The van der Waals surface area contributed by atoms with Gasteiger partial charge in [-0.3, -0.25) is 4.79 Å². The van der Waals surface area contributed by atoms with E-state index in [1.54, 1.807) is 7.05 Å². The average molecular weight is 226 g/mol. The molecule has 3 nitrogen and oxygen atoms in total. The van der Waals surface area contributed by atoms with Crippen LogP contribution in [-0.2, 0) is 4.79 Å². The fraction of sp³-hybridized carbons (Fsp3) is 0.889. The minimum Gasteiger partial charge on any atom is -0.356 e. The molecule has 2 N–H and O–H groups in total. The van der Waals surface area contributed by atoms with Crippen LogP contribution in [0.15, 0.2) is 0 Å². The van der Waals surface area contributed by atoms with E-state index in [0.29, 0.717) is 12.8 Å². The Bertz CT molecular complexity index is 183. The fourth-order valence-corrected chi connectivity index (χ4v) is 1.03. The van der Waals surface area contributed by atoms with Gasteiger partial charge in [0.15, 0.2) is 0 Å². The molecule has 0 aliphatic carbocycles. The van der Waals surface area contributed by atoms with Crippen molar-refractivity contribution < 1.29 is 18.0 Å². The lowest BCUT2D eigenvalue weighted by molar-refractivity contribution is -0.136. The minimum atomic E-state index is -4.13. The number of carbonyl (C=O) groups is 1. The summed E-state index contributed by atoms with van der Waals surface area (Å²) >= 11 is 0. The summed E-state index contributed by atoms with van der Waals surface area (Å²) in [6, 6.07) is 0. The van der Waals surface area contributed by atoms with Gasteiger partial charge in [0.25, 0.3) is 0 Å². The lowest BCUT2D eigenvalue weighted by Crippen LogP contribution is -2.26. The molecule has 90 valence electrons. The number of amides is 1. The summed E-state index contributed by atoms with van der Waals surface area (Å²) in [5.41, 5.74) is 0. The summed E-state index contributed by atoms with van der Waals surface area (Å²) in [5, 5.41) is 5.33. The van der Waals surface area contributed by atoms with Crippen molar-refractivity contribution in [3.63, 3.8) is 0 Å². The van der Waals surface area contributed by atoms with Crippen molar-refractivity contribution in [2.45, 2.75) is 31.9 Å². The van der Waals surface area contributed by atoms with Crippen LogP contribution in [-0.4, -0.2) is 32.2 Å². The smallest absolute Gasteiger partial charge is 0.356 e. The van der Waals surface area contributed by atoms with E-state index < -0.39 is 12.6 Å². The molecule has 0 radical (unpaired) electrons. The first kappa shape index (κ1) is 14.2. The molecule has 15 heavy (non-hydrogen) atoms. The van der Waals surface area contributed by atoms with Crippen LogP contribution in [0.4, 0.5) is 13.2 Å². The minimum absolute atomic E-state index is 0.0543. The monoisotopic (exact) mass is 226 g/mol. The number of carbonyl (C=O) groups excluding carboxylic acids is 1. The summed E-state index contributed by atoms with van der Waals surface area (Å²) in [4.78, 5) is 11.0. The molecule has 6 heteroatoms. The van der Waals surface area contributed by atoms with Gasteiger partial charge in [0.2, 0.25) is 5.91 Å². The van der Waals surface area contributed by atoms with E-state index in [9.17, 15) is 18.0 Å². The molecule has 0 bridgehead atoms. The number of halogens is 3. The normalized spacial score (nSPS) is 11.5. The van der Waals surface area contributed by atoms with E-state index in [2.05, 4.69) is 10.6 Å². The largest absolute Gasteiger partial charge is 0.389 e. The standard InChI is InChI=1S/C9H17F3N2O/c1-13-6-2-4-8(15)14-7-3-5-9(10,11)12/h13H,2-7H2,1H3,(H,14,15). The molecule has 0 aromatic carbocycles. The third-order valence-corrected chi connectivity index (χ3v) is 1.79. The van der Waals surface area contributed by atoms with Gasteiger partial charge >= 0.3 is 6.18 Å². The molecule has 0 fully saturated rings. The topological polar surface area (TPSA) is 41.1 Å². The highest BCUT2D eigenvalue weighted by atomic mass is 19.4. The Labute approximate surface area is 87.4 Å². The molecule has 0 saturated carbocycles.